The van der Waals surface area contributed by atoms with E-state index in [4.69, 9.17) is 4.74 Å². The number of hydrogen-bond donors (Lipinski definition) is 1. The summed E-state index contributed by atoms with van der Waals surface area (Å²) >= 11 is 0. The number of allylic oxidation sites excluding steroid dienone is 4. The fraction of sp³-hybridized carbons (Fsp3) is 0.400. The predicted molar refractivity (Wildman–Crippen MR) is 73.7 cm³/mol. The lowest BCUT2D eigenvalue weighted by Crippen LogP contribution is -2.40. The molecule has 1 N–H and O–H groups in total. The van der Waals surface area contributed by atoms with E-state index in [0.717, 1.165) is 5.57 Å². The zero-order chi connectivity index (χ0) is 14.3. The van der Waals surface area contributed by atoms with Gasteiger partial charge in [0.25, 0.3) is 0 Å². The quantitative estimate of drug-likeness (QED) is 0.625. The first-order chi connectivity index (χ1) is 8.90. The maximum absolute atomic E-state index is 11.6. The van der Waals surface area contributed by atoms with E-state index in [1.54, 1.807) is 32.9 Å². The Balaban J connectivity index is 2.57. The molecular formula is C15H19NO3. The molecule has 19 heavy (non-hydrogen) atoms. The van der Waals surface area contributed by atoms with Crippen molar-refractivity contribution in [3.63, 3.8) is 0 Å². The zero-order valence-electron chi connectivity index (χ0n) is 11.5. The molecule has 0 heterocycles. The van der Waals surface area contributed by atoms with Crippen LogP contribution in [0, 0.1) is 0 Å². The summed E-state index contributed by atoms with van der Waals surface area (Å²) in [6, 6.07) is -0.606. The van der Waals surface area contributed by atoms with Crippen molar-refractivity contribution in [1.29, 1.82) is 0 Å². The molecule has 4 nitrogen and oxygen atoms in total. The summed E-state index contributed by atoms with van der Waals surface area (Å²) in [7, 11) is 0. The van der Waals surface area contributed by atoms with E-state index < -0.39 is 17.7 Å². The van der Waals surface area contributed by atoms with Gasteiger partial charge in [-0.15, -0.1) is 5.73 Å². The van der Waals surface area contributed by atoms with Gasteiger partial charge in [0.2, 0.25) is 0 Å². The van der Waals surface area contributed by atoms with Gasteiger partial charge in [-0.3, -0.25) is 0 Å². The van der Waals surface area contributed by atoms with Gasteiger partial charge in [-0.05, 0) is 38.5 Å². The Morgan fingerprint density at radius 3 is 2.84 bits per heavy atom. The summed E-state index contributed by atoms with van der Waals surface area (Å²) in [5, 5.41) is 2.54. The molecule has 1 unspecified atom stereocenters. The standard InChI is InChI=1S/C15H19NO3/c1-15(2,3)19-14(18)16-13(11-17)10-12-8-6-4-5-7-9-12/h4-6,8-9,11,13H,10H2,1-3H3,(H,16,18). The van der Waals surface area contributed by atoms with E-state index >= 15 is 0 Å². The van der Waals surface area contributed by atoms with Crippen molar-refractivity contribution in [3.8, 4) is 0 Å². The largest absolute Gasteiger partial charge is 0.444 e. The highest BCUT2D eigenvalue weighted by Gasteiger charge is 2.19. The van der Waals surface area contributed by atoms with Crippen LogP contribution in [0.1, 0.15) is 27.2 Å². The SMILES string of the molecule is CC(C)(C)OC(=O)NC(C=O)CC1=CC=CC=C=C1. The number of amides is 1. The summed E-state index contributed by atoms with van der Waals surface area (Å²) < 4.78 is 5.11. The van der Waals surface area contributed by atoms with Crippen molar-refractivity contribution in [3.05, 3.63) is 41.7 Å². The first-order valence-corrected chi connectivity index (χ1v) is 6.14. The molecule has 0 aromatic rings. The fourth-order valence-corrected chi connectivity index (χ4v) is 1.47. The van der Waals surface area contributed by atoms with E-state index in [-0.39, 0.29) is 0 Å². The smallest absolute Gasteiger partial charge is 0.408 e. The Morgan fingerprint density at radius 1 is 1.47 bits per heavy atom. The zero-order valence-corrected chi connectivity index (χ0v) is 11.5. The predicted octanol–water partition coefficient (Wildman–Crippen LogP) is 2.68. The molecule has 0 aliphatic heterocycles. The minimum absolute atomic E-state index is 0.411. The minimum Gasteiger partial charge on any atom is -0.444 e. The average Bonchev–Trinajstić information content (AvgIpc) is 2.54. The van der Waals surface area contributed by atoms with Crippen LogP contribution in [0.4, 0.5) is 4.79 Å². The minimum atomic E-state index is -0.606. The number of ether oxygens (including phenoxy) is 1. The van der Waals surface area contributed by atoms with Crippen molar-refractivity contribution in [2.24, 2.45) is 0 Å². The van der Waals surface area contributed by atoms with E-state index in [1.165, 1.54) is 0 Å². The third-order valence-electron chi connectivity index (χ3n) is 2.20. The topological polar surface area (TPSA) is 55.4 Å². The third-order valence-corrected chi connectivity index (χ3v) is 2.20. The molecule has 0 fully saturated rings. The van der Waals surface area contributed by atoms with Crippen LogP contribution in [0.5, 0.6) is 0 Å². The van der Waals surface area contributed by atoms with Gasteiger partial charge in [-0.1, -0.05) is 18.2 Å². The van der Waals surface area contributed by atoms with Crippen LogP contribution in [0.2, 0.25) is 0 Å². The molecule has 0 bridgehead atoms. The highest BCUT2D eigenvalue weighted by atomic mass is 16.6. The third kappa shape index (κ3) is 6.43. The fourth-order valence-electron chi connectivity index (χ4n) is 1.47. The van der Waals surface area contributed by atoms with E-state index in [9.17, 15) is 9.59 Å². The molecule has 0 saturated carbocycles. The van der Waals surface area contributed by atoms with Crippen LogP contribution in [0.3, 0.4) is 0 Å². The second-order valence-corrected chi connectivity index (χ2v) is 5.20. The van der Waals surface area contributed by atoms with E-state index in [2.05, 4.69) is 11.0 Å². The van der Waals surface area contributed by atoms with Crippen LogP contribution in [0.25, 0.3) is 0 Å². The molecule has 1 rings (SSSR count). The van der Waals surface area contributed by atoms with Crippen molar-refractivity contribution in [2.75, 3.05) is 0 Å². The number of carbonyl (C=O) groups is 2. The van der Waals surface area contributed by atoms with Gasteiger partial charge in [0.15, 0.2) is 0 Å². The van der Waals surface area contributed by atoms with Crippen molar-refractivity contribution < 1.29 is 14.3 Å². The van der Waals surface area contributed by atoms with Gasteiger partial charge >= 0.3 is 6.09 Å². The summed E-state index contributed by atoms with van der Waals surface area (Å²) in [5.74, 6) is 0. The molecule has 0 spiro atoms. The Bertz CT molecular complexity index is 460. The second-order valence-electron chi connectivity index (χ2n) is 5.20. The molecular weight excluding hydrogens is 242 g/mol. The Hall–Kier alpha value is -2.06. The Labute approximate surface area is 113 Å². The number of hydrogen-bond acceptors (Lipinski definition) is 3. The highest BCUT2D eigenvalue weighted by molar-refractivity contribution is 5.73. The van der Waals surface area contributed by atoms with Crippen LogP contribution in [-0.2, 0) is 9.53 Å². The van der Waals surface area contributed by atoms with Gasteiger partial charge in [-0.2, -0.15) is 0 Å². The van der Waals surface area contributed by atoms with Gasteiger partial charge in [-0.25, -0.2) is 4.79 Å². The van der Waals surface area contributed by atoms with Crippen LogP contribution < -0.4 is 5.32 Å². The van der Waals surface area contributed by atoms with Crippen molar-refractivity contribution >= 4 is 12.4 Å². The number of carbonyl (C=O) groups excluding carboxylic acids is 2. The van der Waals surface area contributed by atoms with Gasteiger partial charge < -0.3 is 14.8 Å². The monoisotopic (exact) mass is 261 g/mol. The molecule has 0 radical (unpaired) electrons. The molecule has 0 aromatic heterocycles. The van der Waals surface area contributed by atoms with E-state index in [0.29, 0.717) is 12.7 Å². The molecule has 1 aliphatic carbocycles. The summed E-state index contributed by atoms with van der Waals surface area (Å²) in [6.07, 6.45) is 9.68. The van der Waals surface area contributed by atoms with Crippen molar-refractivity contribution in [1.82, 2.24) is 5.32 Å². The lowest BCUT2D eigenvalue weighted by Gasteiger charge is -2.21. The highest BCUT2D eigenvalue weighted by Crippen LogP contribution is 2.10. The lowest BCUT2D eigenvalue weighted by atomic mass is 10.1. The molecule has 1 atom stereocenters. The molecule has 1 amide bonds. The molecule has 4 heteroatoms. The second kappa shape index (κ2) is 6.76. The maximum atomic E-state index is 11.6. The van der Waals surface area contributed by atoms with Gasteiger partial charge in [0.05, 0.1) is 6.04 Å². The van der Waals surface area contributed by atoms with E-state index in [1.807, 2.05) is 18.2 Å². The number of alkyl carbamates (subject to hydrolysis) is 1. The Kier molecular flexibility index (Phi) is 5.34. The molecule has 0 saturated heterocycles. The Morgan fingerprint density at radius 2 is 2.21 bits per heavy atom. The molecule has 1 aliphatic rings. The van der Waals surface area contributed by atoms with Gasteiger partial charge in [0, 0.05) is 6.42 Å². The summed E-state index contributed by atoms with van der Waals surface area (Å²) in [5.41, 5.74) is 3.29. The van der Waals surface area contributed by atoms with Crippen LogP contribution in [0.15, 0.2) is 41.7 Å². The summed E-state index contributed by atoms with van der Waals surface area (Å²) in [6.45, 7) is 5.32. The maximum Gasteiger partial charge on any atom is 0.408 e. The molecule has 0 aromatic carbocycles. The lowest BCUT2D eigenvalue weighted by molar-refractivity contribution is -0.109. The average molecular weight is 261 g/mol. The van der Waals surface area contributed by atoms with Crippen LogP contribution in [-0.4, -0.2) is 24.0 Å². The first kappa shape index (κ1) is 15.0. The normalized spacial score (nSPS) is 15.4. The van der Waals surface area contributed by atoms with Crippen LogP contribution >= 0.6 is 0 Å². The number of aldehydes is 1. The van der Waals surface area contributed by atoms with Gasteiger partial charge in [0.1, 0.15) is 11.9 Å². The first-order valence-electron chi connectivity index (χ1n) is 6.14. The molecule has 102 valence electrons. The summed E-state index contributed by atoms with van der Waals surface area (Å²) in [4.78, 5) is 22.6. The van der Waals surface area contributed by atoms with Crippen molar-refractivity contribution in [2.45, 2.75) is 38.8 Å². The number of rotatable bonds is 4. The number of nitrogens with one attached hydrogen (secondary N) is 1.